The monoisotopic (exact) mass is 349 g/mol. The molecule has 2 rings (SSSR count). The fourth-order valence-electron chi connectivity index (χ4n) is 2.92. The smallest absolute Gasteiger partial charge is 0.191 e. The summed E-state index contributed by atoms with van der Waals surface area (Å²) >= 11 is 0. The number of aliphatic hydroxyl groups excluding tert-OH is 1. The van der Waals surface area contributed by atoms with Crippen LogP contribution in [-0.2, 0) is 4.74 Å². The Labute approximate surface area is 150 Å². The number of guanidine groups is 1. The van der Waals surface area contributed by atoms with Gasteiger partial charge in [-0.3, -0.25) is 4.99 Å². The number of para-hydroxylation sites is 1. The number of nitrogens with one attached hydrogen (secondary N) is 2. The number of nitrogens with zero attached hydrogens (tertiary/aromatic N) is 1. The Balaban J connectivity index is 1.82. The van der Waals surface area contributed by atoms with E-state index in [9.17, 15) is 5.11 Å². The Morgan fingerprint density at radius 1 is 1.36 bits per heavy atom. The van der Waals surface area contributed by atoms with E-state index in [4.69, 9.17) is 14.5 Å². The highest BCUT2D eigenvalue weighted by atomic mass is 16.5. The maximum Gasteiger partial charge on any atom is 0.191 e. The van der Waals surface area contributed by atoms with Gasteiger partial charge < -0.3 is 25.2 Å². The molecule has 0 radical (unpaired) electrons. The van der Waals surface area contributed by atoms with Gasteiger partial charge in [-0.15, -0.1) is 0 Å². The minimum atomic E-state index is -0.0330. The number of ether oxygens (including phenoxy) is 2. The molecule has 0 spiro atoms. The van der Waals surface area contributed by atoms with Gasteiger partial charge in [0.25, 0.3) is 0 Å². The molecule has 6 nitrogen and oxygen atoms in total. The Bertz CT molecular complexity index is 542. The van der Waals surface area contributed by atoms with Crippen LogP contribution >= 0.6 is 0 Å². The Morgan fingerprint density at radius 3 is 2.88 bits per heavy atom. The van der Waals surface area contributed by atoms with Crippen molar-refractivity contribution in [3.8, 4) is 5.75 Å². The van der Waals surface area contributed by atoms with Gasteiger partial charge in [-0.25, -0.2) is 0 Å². The van der Waals surface area contributed by atoms with Crippen molar-refractivity contribution in [1.29, 1.82) is 0 Å². The normalized spacial score (nSPS) is 20.5. The quantitative estimate of drug-likeness (QED) is 0.360. The van der Waals surface area contributed by atoms with Crippen molar-refractivity contribution in [2.75, 3.05) is 46.1 Å². The maximum atomic E-state index is 9.31. The van der Waals surface area contributed by atoms with Crippen molar-refractivity contribution in [1.82, 2.24) is 10.6 Å². The molecule has 1 saturated heterocycles. The Kier molecular flexibility index (Phi) is 8.01. The maximum absolute atomic E-state index is 9.31. The van der Waals surface area contributed by atoms with E-state index in [2.05, 4.69) is 10.6 Å². The van der Waals surface area contributed by atoms with Gasteiger partial charge in [-0.2, -0.15) is 0 Å². The molecule has 25 heavy (non-hydrogen) atoms. The molecule has 0 aromatic heterocycles. The summed E-state index contributed by atoms with van der Waals surface area (Å²) in [6, 6.07) is 8.00. The summed E-state index contributed by atoms with van der Waals surface area (Å²) in [5, 5.41) is 15.9. The van der Waals surface area contributed by atoms with E-state index in [1.54, 1.807) is 0 Å². The summed E-state index contributed by atoms with van der Waals surface area (Å²) in [6.45, 7) is 8.38. The van der Waals surface area contributed by atoms with Crippen LogP contribution in [0.25, 0.3) is 0 Å². The molecule has 1 aliphatic rings. The van der Waals surface area contributed by atoms with Gasteiger partial charge in [-0.1, -0.05) is 18.2 Å². The van der Waals surface area contributed by atoms with E-state index in [0.29, 0.717) is 26.3 Å². The molecule has 1 aliphatic heterocycles. The van der Waals surface area contributed by atoms with Gasteiger partial charge in [0.2, 0.25) is 0 Å². The third-order valence-electron chi connectivity index (χ3n) is 4.49. The number of benzene rings is 1. The molecule has 1 aromatic carbocycles. The summed E-state index contributed by atoms with van der Waals surface area (Å²) in [5.74, 6) is 1.69. The summed E-state index contributed by atoms with van der Waals surface area (Å²) < 4.78 is 11.3. The van der Waals surface area contributed by atoms with Crippen LogP contribution in [-0.4, -0.2) is 57.1 Å². The highest BCUT2D eigenvalue weighted by Crippen LogP contribution is 2.32. The molecule has 1 unspecified atom stereocenters. The van der Waals surface area contributed by atoms with Crippen LogP contribution in [0.3, 0.4) is 0 Å². The van der Waals surface area contributed by atoms with Gasteiger partial charge in [0.15, 0.2) is 5.96 Å². The number of aryl methyl sites for hydroxylation is 1. The third-order valence-corrected chi connectivity index (χ3v) is 4.49. The molecule has 1 aromatic rings. The molecule has 6 heteroatoms. The second-order valence-electron chi connectivity index (χ2n) is 6.51. The Hall–Kier alpha value is -1.79. The van der Waals surface area contributed by atoms with Crippen molar-refractivity contribution in [3.63, 3.8) is 0 Å². The van der Waals surface area contributed by atoms with Crippen LogP contribution in [0.5, 0.6) is 5.75 Å². The van der Waals surface area contributed by atoms with Gasteiger partial charge >= 0.3 is 0 Å². The van der Waals surface area contributed by atoms with E-state index in [1.165, 1.54) is 0 Å². The van der Waals surface area contributed by atoms with E-state index in [1.807, 2.05) is 38.1 Å². The zero-order chi connectivity index (χ0) is 18.0. The molecular weight excluding hydrogens is 318 g/mol. The minimum Gasteiger partial charge on any atom is -0.491 e. The van der Waals surface area contributed by atoms with Gasteiger partial charge in [-0.05, 0) is 38.3 Å². The van der Waals surface area contributed by atoms with Gasteiger partial charge in [0.1, 0.15) is 12.4 Å². The van der Waals surface area contributed by atoms with Crippen LogP contribution in [0, 0.1) is 12.3 Å². The fraction of sp³-hybridized carbons (Fsp3) is 0.632. The first-order valence-electron chi connectivity index (χ1n) is 9.08. The standard InChI is InChI=1S/C19H31N3O3/c1-3-20-18(22-14-19(8-11-23)9-12-24-15-19)21-10-13-25-17-7-5-4-6-16(17)2/h4-7,23H,3,8-15H2,1-2H3,(H2,20,21,22). The summed E-state index contributed by atoms with van der Waals surface area (Å²) in [5.41, 5.74) is 1.10. The Morgan fingerprint density at radius 2 is 2.20 bits per heavy atom. The molecule has 140 valence electrons. The highest BCUT2D eigenvalue weighted by molar-refractivity contribution is 5.79. The van der Waals surface area contributed by atoms with Crippen molar-refractivity contribution in [3.05, 3.63) is 29.8 Å². The van der Waals surface area contributed by atoms with Crippen molar-refractivity contribution >= 4 is 5.96 Å². The predicted molar refractivity (Wildman–Crippen MR) is 100 cm³/mol. The predicted octanol–water partition coefficient (Wildman–Crippen LogP) is 1.72. The highest BCUT2D eigenvalue weighted by Gasteiger charge is 2.34. The van der Waals surface area contributed by atoms with E-state index >= 15 is 0 Å². The number of rotatable bonds is 9. The molecule has 3 N–H and O–H groups in total. The minimum absolute atomic E-state index is 0.0330. The SMILES string of the molecule is CCNC(=NCC1(CCO)CCOC1)NCCOc1ccccc1C. The van der Waals surface area contributed by atoms with Crippen LogP contribution in [0.1, 0.15) is 25.3 Å². The van der Waals surface area contributed by atoms with Crippen molar-refractivity contribution in [2.45, 2.75) is 26.7 Å². The van der Waals surface area contributed by atoms with Crippen LogP contribution in [0.15, 0.2) is 29.3 Å². The van der Waals surface area contributed by atoms with Crippen LogP contribution in [0.2, 0.25) is 0 Å². The zero-order valence-electron chi connectivity index (χ0n) is 15.4. The largest absolute Gasteiger partial charge is 0.491 e. The number of hydrogen-bond donors (Lipinski definition) is 3. The number of aliphatic hydroxyl groups is 1. The van der Waals surface area contributed by atoms with Crippen LogP contribution in [0.4, 0.5) is 0 Å². The molecule has 1 fully saturated rings. The van der Waals surface area contributed by atoms with Crippen molar-refractivity contribution < 1.29 is 14.6 Å². The van der Waals surface area contributed by atoms with Crippen molar-refractivity contribution in [2.24, 2.45) is 10.4 Å². The second-order valence-corrected chi connectivity index (χ2v) is 6.51. The van der Waals surface area contributed by atoms with E-state index in [-0.39, 0.29) is 12.0 Å². The molecule has 0 saturated carbocycles. The van der Waals surface area contributed by atoms with Gasteiger partial charge in [0, 0.05) is 25.2 Å². The topological polar surface area (TPSA) is 75.1 Å². The average Bonchev–Trinajstić information content (AvgIpc) is 3.07. The van der Waals surface area contributed by atoms with Crippen LogP contribution < -0.4 is 15.4 Å². The zero-order valence-corrected chi connectivity index (χ0v) is 15.4. The first-order chi connectivity index (χ1) is 12.2. The lowest BCUT2D eigenvalue weighted by molar-refractivity contribution is 0.131. The number of hydrogen-bond acceptors (Lipinski definition) is 4. The van der Waals surface area contributed by atoms with E-state index in [0.717, 1.165) is 43.3 Å². The molecule has 1 heterocycles. The summed E-state index contributed by atoms with van der Waals surface area (Å²) in [4.78, 5) is 4.70. The first kappa shape index (κ1) is 19.5. The lowest BCUT2D eigenvalue weighted by Crippen LogP contribution is -2.40. The molecule has 0 amide bonds. The average molecular weight is 349 g/mol. The van der Waals surface area contributed by atoms with E-state index < -0.39 is 0 Å². The van der Waals surface area contributed by atoms with Gasteiger partial charge in [0.05, 0.1) is 19.7 Å². The first-order valence-corrected chi connectivity index (χ1v) is 9.08. The lowest BCUT2D eigenvalue weighted by atomic mass is 9.84. The molecule has 1 atom stereocenters. The molecule has 0 bridgehead atoms. The molecule has 0 aliphatic carbocycles. The fourth-order valence-corrected chi connectivity index (χ4v) is 2.92. The lowest BCUT2D eigenvalue weighted by Gasteiger charge is -2.24. The third kappa shape index (κ3) is 6.21. The second kappa shape index (κ2) is 10.3. The number of aliphatic imine (C=N–C) groups is 1. The molecular formula is C19H31N3O3. The summed E-state index contributed by atoms with van der Waals surface area (Å²) in [7, 11) is 0. The summed E-state index contributed by atoms with van der Waals surface area (Å²) in [6.07, 6.45) is 1.68.